The molecule has 0 atom stereocenters. The number of carbonyl (C=O) groups excluding carboxylic acids is 1. The Bertz CT molecular complexity index is 1090. The van der Waals surface area contributed by atoms with Gasteiger partial charge < -0.3 is 25.6 Å². The van der Waals surface area contributed by atoms with Gasteiger partial charge in [-0.1, -0.05) is 11.8 Å². The fourth-order valence-corrected chi connectivity index (χ4v) is 3.85. The molecule has 2 heterocycles. The predicted octanol–water partition coefficient (Wildman–Crippen LogP) is 3.76. The van der Waals surface area contributed by atoms with E-state index in [4.69, 9.17) is 4.74 Å². The number of halogens is 1. The van der Waals surface area contributed by atoms with Crippen molar-refractivity contribution in [2.75, 3.05) is 61.2 Å². The monoisotopic (exact) mass is 482 g/mol. The quantitative estimate of drug-likeness (QED) is 0.241. The molecular formula is C24H27FN6O2S. The molecule has 1 aliphatic rings. The summed E-state index contributed by atoms with van der Waals surface area (Å²) in [6.45, 7) is 4.17. The second-order valence-electron chi connectivity index (χ2n) is 7.59. The molecule has 3 N–H and O–H groups in total. The van der Waals surface area contributed by atoms with Crippen molar-refractivity contribution in [3.8, 4) is 0 Å². The fourth-order valence-electron chi connectivity index (χ4n) is 3.47. The Morgan fingerprint density at radius 2 is 1.74 bits per heavy atom. The molecule has 1 saturated heterocycles. The second-order valence-corrected chi connectivity index (χ2v) is 8.36. The first-order valence-corrected chi connectivity index (χ1v) is 12.2. The molecule has 8 nitrogen and oxygen atoms in total. The normalized spacial score (nSPS) is 13.4. The standard InChI is InChI=1S/C24H27FN6O2S/c1-34-24-29-21(26-10-11-27-23(32)17-2-4-18(25)5-3-17)16-22(30-24)28-19-6-8-20(9-7-19)31-12-14-33-15-13-31/h2-9,16H,10-15H2,1H3,(H,27,32)(H2,26,28,29,30). The Morgan fingerprint density at radius 3 is 2.44 bits per heavy atom. The Hall–Kier alpha value is -3.37. The third-order valence-corrected chi connectivity index (χ3v) is 5.77. The lowest BCUT2D eigenvalue weighted by atomic mass is 10.2. The molecule has 0 radical (unpaired) electrons. The number of hydrogen-bond acceptors (Lipinski definition) is 8. The fraction of sp³-hybridized carbons (Fsp3) is 0.292. The number of nitrogens with one attached hydrogen (secondary N) is 3. The smallest absolute Gasteiger partial charge is 0.251 e. The molecular weight excluding hydrogens is 455 g/mol. The number of rotatable bonds is 9. The van der Waals surface area contributed by atoms with Crippen molar-refractivity contribution in [3.05, 3.63) is 66.0 Å². The lowest BCUT2D eigenvalue weighted by molar-refractivity contribution is 0.0955. The summed E-state index contributed by atoms with van der Waals surface area (Å²) in [6.07, 6.45) is 1.92. The first-order valence-electron chi connectivity index (χ1n) is 11.0. The minimum absolute atomic E-state index is 0.253. The van der Waals surface area contributed by atoms with Gasteiger partial charge in [0, 0.05) is 49.2 Å². The van der Waals surface area contributed by atoms with E-state index < -0.39 is 0 Å². The molecule has 0 saturated carbocycles. The topological polar surface area (TPSA) is 91.4 Å². The number of amides is 1. The molecule has 0 aliphatic carbocycles. The van der Waals surface area contributed by atoms with Crippen molar-refractivity contribution in [1.82, 2.24) is 15.3 Å². The highest BCUT2D eigenvalue weighted by molar-refractivity contribution is 7.98. The third kappa shape index (κ3) is 6.58. The van der Waals surface area contributed by atoms with Crippen LogP contribution >= 0.6 is 11.8 Å². The van der Waals surface area contributed by atoms with Crippen LogP contribution < -0.4 is 20.9 Å². The highest BCUT2D eigenvalue weighted by Gasteiger charge is 2.11. The number of nitrogens with zero attached hydrogens (tertiary/aromatic N) is 3. The maximum Gasteiger partial charge on any atom is 0.251 e. The van der Waals surface area contributed by atoms with Gasteiger partial charge in [0.05, 0.1) is 13.2 Å². The van der Waals surface area contributed by atoms with Crippen LogP contribution in [0.15, 0.2) is 59.8 Å². The highest BCUT2D eigenvalue weighted by atomic mass is 32.2. The summed E-state index contributed by atoms with van der Waals surface area (Å²) < 4.78 is 18.4. The number of anilines is 4. The van der Waals surface area contributed by atoms with Gasteiger partial charge in [0.2, 0.25) is 0 Å². The number of benzene rings is 2. The average Bonchev–Trinajstić information content (AvgIpc) is 2.88. The Labute approximate surface area is 202 Å². The average molecular weight is 483 g/mol. The van der Waals surface area contributed by atoms with Gasteiger partial charge in [0.15, 0.2) is 5.16 Å². The molecule has 10 heteroatoms. The lowest BCUT2D eigenvalue weighted by Gasteiger charge is -2.28. The molecule has 3 aromatic rings. The van der Waals surface area contributed by atoms with E-state index in [9.17, 15) is 9.18 Å². The van der Waals surface area contributed by atoms with Crippen LogP contribution in [0.25, 0.3) is 0 Å². The van der Waals surface area contributed by atoms with Crippen LogP contribution in [0.3, 0.4) is 0 Å². The maximum absolute atomic E-state index is 13.0. The van der Waals surface area contributed by atoms with Crippen LogP contribution in [0.2, 0.25) is 0 Å². The number of hydrogen-bond donors (Lipinski definition) is 3. The van der Waals surface area contributed by atoms with E-state index in [-0.39, 0.29) is 11.7 Å². The van der Waals surface area contributed by atoms with Gasteiger partial charge in [0.25, 0.3) is 5.91 Å². The minimum atomic E-state index is -0.371. The summed E-state index contributed by atoms with van der Waals surface area (Å²) in [6, 6.07) is 15.5. The first kappa shape index (κ1) is 23.8. The molecule has 0 bridgehead atoms. The molecule has 34 heavy (non-hydrogen) atoms. The summed E-state index contributed by atoms with van der Waals surface area (Å²) >= 11 is 1.45. The lowest BCUT2D eigenvalue weighted by Crippen LogP contribution is -2.36. The van der Waals surface area contributed by atoms with E-state index in [1.807, 2.05) is 24.5 Å². The van der Waals surface area contributed by atoms with Gasteiger partial charge in [-0.25, -0.2) is 14.4 Å². The molecule has 1 aromatic heterocycles. The van der Waals surface area contributed by atoms with Crippen LogP contribution in [0.5, 0.6) is 0 Å². The summed E-state index contributed by atoms with van der Waals surface area (Å²) in [7, 11) is 0. The van der Waals surface area contributed by atoms with Gasteiger partial charge in [-0.3, -0.25) is 4.79 Å². The van der Waals surface area contributed by atoms with Crippen LogP contribution in [0, 0.1) is 5.82 Å². The molecule has 4 rings (SSSR count). The maximum atomic E-state index is 13.0. The zero-order valence-electron chi connectivity index (χ0n) is 18.9. The number of aromatic nitrogens is 2. The van der Waals surface area contributed by atoms with E-state index in [0.717, 1.165) is 32.0 Å². The predicted molar refractivity (Wildman–Crippen MR) is 134 cm³/mol. The van der Waals surface area contributed by atoms with Crippen LogP contribution in [-0.2, 0) is 4.74 Å². The van der Waals surface area contributed by atoms with Crippen molar-refractivity contribution >= 4 is 40.7 Å². The largest absolute Gasteiger partial charge is 0.378 e. The van der Waals surface area contributed by atoms with Crippen LogP contribution in [-0.4, -0.2) is 61.5 Å². The SMILES string of the molecule is CSc1nc(NCCNC(=O)c2ccc(F)cc2)cc(Nc2ccc(N3CCOCC3)cc2)n1. The molecule has 2 aromatic carbocycles. The number of morpholine rings is 1. The van der Waals surface area contributed by atoms with Gasteiger partial charge in [-0.05, 0) is 54.8 Å². The van der Waals surface area contributed by atoms with E-state index in [1.165, 1.54) is 41.7 Å². The first-order chi connectivity index (χ1) is 16.6. The molecule has 178 valence electrons. The number of ether oxygens (including phenoxy) is 1. The third-order valence-electron chi connectivity index (χ3n) is 5.23. The van der Waals surface area contributed by atoms with Gasteiger partial charge in [-0.2, -0.15) is 0 Å². The van der Waals surface area contributed by atoms with Gasteiger partial charge in [-0.15, -0.1) is 0 Å². The van der Waals surface area contributed by atoms with Crippen molar-refractivity contribution in [2.45, 2.75) is 5.16 Å². The summed E-state index contributed by atoms with van der Waals surface area (Å²) in [5, 5.41) is 9.99. The highest BCUT2D eigenvalue weighted by Crippen LogP contribution is 2.23. The van der Waals surface area contributed by atoms with E-state index in [1.54, 1.807) is 0 Å². The zero-order chi connectivity index (χ0) is 23.8. The van der Waals surface area contributed by atoms with Crippen molar-refractivity contribution < 1.29 is 13.9 Å². The van der Waals surface area contributed by atoms with Crippen molar-refractivity contribution in [3.63, 3.8) is 0 Å². The summed E-state index contributed by atoms with van der Waals surface area (Å²) in [4.78, 5) is 23.5. The molecule has 0 unspecified atom stereocenters. The van der Waals surface area contributed by atoms with Crippen molar-refractivity contribution in [1.29, 1.82) is 0 Å². The van der Waals surface area contributed by atoms with Gasteiger partial charge in [0.1, 0.15) is 17.5 Å². The Morgan fingerprint density at radius 1 is 1.03 bits per heavy atom. The molecule has 1 fully saturated rings. The molecule has 0 spiro atoms. The Kier molecular flexibility index (Phi) is 8.16. The van der Waals surface area contributed by atoms with Crippen molar-refractivity contribution in [2.24, 2.45) is 0 Å². The van der Waals surface area contributed by atoms with E-state index in [2.05, 4.69) is 43.0 Å². The van der Waals surface area contributed by atoms with E-state index in [0.29, 0.717) is 35.4 Å². The van der Waals surface area contributed by atoms with E-state index >= 15 is 0 Å². The Balaban J connectivity index is 1.32. The van der Waals surface area contributed by atoms with Crippen LogP contribution in [0.4, 0.5) is 27.4 Å². The minimum Gasteiger partial charge on any atom is -0.378 e. The second kappa shape index (κ2) is 11.7. The zero-order valence-corrected chi connectivity index (χ0v) is 19.7. The molecule has 1 aliphatic heterocycles. The molecule has 1 amide bonds. The number of thioether (sulfide) groups is 1. The van der Waals surface area contributed by atoms with Crippen LogP contribution in [0.1, 0.15) is 10.4 Å². The number of carbonyl (C=O) groups is 1. The van der Waals surface area contributed by atoms with Gasteiger partial charge >= 0.3 is 0 Å². The summed E-state index contributed by atoms with van der Waals surface area (Å²) in [5.74, 6) is 0.709. The summed E-state index contributed by atoms with van der Waals surface area (Å²) in [5.41, 5.74) is 2.52.